The molecular weight excluding hydrogens is 381 g/mol. The Labute approximate surface area is 161 Å². The minimum atomic E-state index is 0.303. The van der Waals surface area contributed by atoms with E-state index in [4.69, 9.17) is 44.9 Å². The standard InChI is InChI=1S/C17H17Cl2N3O2S/c1-20-17(25)22-21-9-11-3-6-15(16(7-11)23-2)24-10-12-4-5-13(18)8-14(12)19/h3-9H,10H2,1-2H3,(H2,20,22,25). The van der Waals surface area contributed by atoms with Crippen LogP contribution in [0.1, 0.15) is 11.1 Å². The van der Waals surface area contributed by atoms with E-state index in [2.05, 4.69) is 15.8 Å². The van der Waals surface area contributed by atoms with Crippen LogP contribution in [0, 0.1) is 0 Å². The normalized spacial score (nSPS) is 10.6. The molecular formula is C17H17Cl2N3O2S. The fourth-order valence-corrected chi connectivity index (χ4v) is 2.42. The molecule has 0 saturated heterocycles. The number of rotatable bonds is 6. The van der Waals surface area contributed by atoms with Crippen LogP contribution in [0.3, 0.4) is 0 Å². The zero-order chi connectivity index (χ0) is 18.2. The second kappa shape index (κ2) is 9.46. The van der Waals surface area contributed by atoms with Gasteiger partial charge in [0.25, 0.3) is 0 Å². The van der Waals surface area contributed by atoms with Gasteiger partial charge in [0, 0.05) is 22.7 Å². The molecule has 0 aromatic heterocycles. The van der Waals surface area contributed by atoms with Crippen LogP contribution >= 0.6 is 35.4 Å². The van der Waals surface area contributed by atoms with E-state index in [1.807, 2.05) is 18.2 Å². The molecule has 0 aliphatic heterocycles. The van der Waals surface area contributed by atoms with Crippen molar-refractivity contribution in [1.29, 1.82) is 0 Å². The zero-order valence-corrected chi connectivity index (χ0v) is 16.0. The molecule has 0 saturated carbocycles. The molecule has 0 fully saturated rings. The third-order valence-electron chi connectivity index (χ3n) is 3.19. The molecule has 0 aliphatic rings. The predicted octanol–water partition coefficient (Wildman–Crippen LogP) is 4.01. The Kier molecular flexibility index (Phi) is 7.31. The highest BCUT2D eigenvalue weighted by Gasteiger charge is 2.08. The summed E-state index contributed by atoms with van der Waals surface area (Å²) in [5.41, 5.74) is 4.35. The van der Waals surface area contributed by atoms with Crippen LogP contribution in [-0.4, -0.2) is 25.5 Å². The molecule has 0 heterocycles. The molecule has 5 nitrogen and oxygen atoms in total. The fourth-order valence-electron chi connectivity index (χ4n) is 1.90. The van der Waals surface area contributed by atoms with Crippen molar-refractivity contribution < 1.29 is 9.47 Å². The Balaban J connectivity index is 2.07. The van der Waals surface area contributed by atoms with Gasteiger partial charge in [-0.05, 0) is 48.1 Å². The van der Waals surface area contributed by atoms with E-state index < -0.39 is 0 Å². The van der Waals surface area contributed by atoms with Gasteiger partial charge in [-0.2, -0.15) is 5.10 Å². The first-order valence-electron chi connectivity index (χ1n) is 7.29. The van der Waals surface area contributed by atoms with E-state index >= 15 is 0 Å². The highest BCUT2D eigenvalue weighted by atomic mass is 35.5. The van der Waals surface area contributed by atoms with Crippen LogP contribution in [-0.2, 0) is 6.61 Å². The maximum Gasteiger partial charge on any atom is 0.186 e. The molecule has 0 bridgehead atoms. The number of halogens is 2. The van der Waals surface area contributed by atoms with Crippen molar-refractivity contribution in [3.05, 3.63) is 57.6 Å². The van der Waals surface area contributed by atoms with Crippen LogP contribution in [0.15, 0.2) is 41.5 Å². The smallest absolute Gasteiger partial charge is 0.186 e. The van der Waals surface area contributed by atoms with Crippen LogP contribution in [0.25, 0.3) is 0 Å². The van der Waals surface area contributed by atoms with Gasteiger partial charge < -0.3 is 14.8 Å². The van der Waals surface area contributed by atoms with Crippen LogP contribution in [0.5, 0.6) is 11.5 Å². The number of hydrogen-bond donors (Lipinski definition) is 2. The minimum absolute atomic E-state index is 0.303. The van der Waals surface area contributed by atoms with Crippen molar-refractivity contribution in [1.82, 2.24) is 10.7 Å². The first-order valence-corrected chi connectivity index (χ1v) is 8.45. The number of hydrazone groups is 1. The van der Waals surface area contributed by atoms with Gasteiger partial charge in [-0.3, -0.25) is 5.43 Å². The van der Waals surface area contributed by atoms with Gasteiger partial charge in [-0.15, -0.1) is 0 Å². The zero-order valence-electron chi connectivity index (χ0n) is 13.7. The molecule has 2 aromatic rings. The number of thiocarbonyl (C=S) groups is 1. The van der Waals surface area contributed by atoms with Gasteiger partial charge >= 0.3 is 0 Å². The van der Waals surface area contributed by atoms with E-state index in [1.165, 1.54) is 0 Å². The summed E-state index contributed by atoms with van der Waals surface area (Å²) in [7, 11) is 3.29. The van der Waals surface area contributed by atoms with E-state index in [0.717, 1.165) is 11.1 Å². The largest absolute Gasteiger partial charge is 0.493 e. The molecule has 132 valence electrons. The van der Waals surface area contributed by atoms with Crippen molar-refractivity contribution >= 4 is 46.7 Å². The van der Waals surface area contributed by atoms with Gasteiger partial charge in [-0.1, -0.05) is 29.3 Å². The molecule has 0 spiro atoms. The maximum absolute atomic E-state index is 6.15. The molecule has 2 N–H and O–H groups in total. The number of ether oxygens (including phenoxy) is 2. The van der Waals surface area contributed by atoms with E-state index in [9.17, 15) is 0 Å². The van der Waals surface area contributed by atoms with Gasteiger partial charge in [0.1, 0.15) is 6.61 Å². The Morgan fingerprint density at radius 1 is 1.20 bits per heavy atom. The third kappa shape index (κ3) is 5.77. The lowest BCUT2D eigenvalue weighted by Crippen LogP contribution is -2.28. The maximum atomic E-state index is 6.15. The summed E-state index contributed by atoms with van der Waals surface area (Å²) < 4.78 is 11.2. The lowest BCUT2D eigenvalue weighted by Gasteiger charge is -2.12. The summed E-state index contributed by atoms with van der Waals surface area (Å²) in [6.07, 6.45) is 1.63. The van der Waals surface area contributed by atoms with Gasteiger partial charge in [0.15, 0.2) is 16.6 Å². The number of hydrogen-bond acceptors (Lipinski definition) is 4. The summed E-state index contributed by atoms with van der Waals surface area (Å²) >= 11 is 17.0. The molecule has 2 rings (SSSR count). The summed E-state index contributed by atoms with van der Waals surface area (Å²) in [5.74, 6) is 1.19. The van der Waals surface area contributed by atoms with Crippen molar-refractivity contribution in [2.75, 3.05) is 14.2 Å². The first-order chi connectivity index (χ1) is 12.0. The Bertz CT molecular complexity index is 784. The predicted molar refractivity (Wildman–Crippen MR) is 106 cm³/mol. The first kappa shape index (κ1) is 19.3. The monoisotopic (exact) mass is 397 g/mol. The molecule has 25 heavy (non-hydrogen) atoms. The highest BCUT2D eigenvalue weighted by molar-refractivity contribution is 7.80. The van der Waals surface area contributed by atoms with E-state index in [0.29, 0.717) is 33.3 Å². The number of nitrogens with one attached hydrogen (secondary N) is 2. The molecule has 0 unspecified atom stereocenters. The second-order valence-corrected chi connectivity index (χ2v) is 6.14. The lowest BCUT2D eigenvalue weighted by molar-refractivity contribution is 0.284. The van der Waals surface area contributed by atoms with Gasteiger partial charge in [0.2, 0.25) is 0 Å². The van der Waals surface area contributed by atoms with Crippen LogP contribution in [0.4, 0.5) is 0 Å². The fraction of sp³-hybridized carbons (Fsp3) is 0.176. The van der Waals surface area contributed by atoms with Crippen molar-refractivity contribution in [2.24, 2.45) is 5.10 Å². The highest BCUT2D eigenvalue weighted by Crippen LogP contribution is 2.29. The number of benzene rings is 2. The van der Waals surface area contributed by atoms with Crippen LogP contribution in [0.2, 0.25) is 10.0 Å². The quantitative estimate of drug-likeness (QED) is 0.438. The molecule has 2 aromatic carbocycles. The lowest BCUT2D eigenvalue weighted by atomic mass is 10.2. The van der Waals surface area contributed by atoms with E-state index in [1.54, 1.807) is 38.6 Å². The SMILES string of the molecule is CNC(=S)NN=Cc1ccc(OCc2ccc(Cl)cc2Cl)c(OC)c1. The second-order valence-electron chi connectivity index (χ2n) is 4.88. The number of methoxy groups -OCH3 is 1. The van der Waals surface area contributed by atoms with Gasteiger partial charge in [0.05, 0.1) is 13.3 Å². The minimum Gasteiger partial charge on any atom is -0.493 e. The van der Waals surface area contributed by atoms with Crippen molar-refractivity contribution in [2.45, 2.75) is 6.61 Å². The average Bonchev–Trinajstić information content (AvgIpc) is 2.61. The molecule has 0 radical (unpaired) electrons. The Morgan fingerprint density at radius 3 is 2.68 bits per heavy atom. The van der Waals surface area contributed by atoms with E-state index in [-0.39, 0.29) is 0 Å². The summed E-state index contributed by atoms with van der Waals surface area (Å²) in [6, 6.07) is 10.8. The third-order valence-corrected chi connectivity index (χ3v) is 4.08. The topological polar surface area (TPSA) is 54.9 Å². The summed E-state index contributed by atoms with van der Waals surface area (Å²) in [5, 5.41) is 8.37. The average molecular weight is 398 g/mol. The van der Waals surface area contributed by atoms with Gasteiger partial charge in [-0.25, -0.2) is 0 Å². The number of nitrogens with zero attached hydrogens (tertiary/aromatic N) is 1. The summed E-state index contributed by atoms with van der Waals surface area (Å²) in [6.45, 7) is 0.303. The molecule has 8 heteroatoms. The van der Waals surface area contributed by atoms with Crippen LogP contribution < -0.4 is 20.2 Å². The Morgan fingerprint density at radius 2 is 2.00 bits per heavy atom. The molecule has 0 aliphatic carbocycles. The van der Waals surface area contributed by atoms with Crippen molar-refractivity contribution in [3.63, 3.8) is 0 Å². The Hall–Kier alpha value is -2.02. The summed E-state index contributed by atoms with van der Waals surface area (Å²) in [4.78, 5) is 0. The molecule has 0 atom stereocenters. The van der Waals surface area contributed by atoms with Crippen molar-refractivity contribution in [3.8, 4) is 11.5 Å². The molecule has 0 amide bonds.